The van der Waals surface area contributed by atoms with Crippen LogP contribution in [0.5, 0.6) is 0 Å². The van der Waals surface area contributed by atoms with Gasteiger partial charge in [0.1, 0.15) is 0 Å². The van der Waals surface area contributed by atoms with Crippen LogP contribution in [0.2, 0.25) is 0 Å². The number of alkyl halides is 1. The van der Waals surface area contributed by atoms with E-state index in [1.807, 2.05) is 0 Å². The number of rotatable bonds is 4. The molecule has 1 heteroatoms. The van der Waals surface area contributed by atoms with Crippen LogP contribution in [0, 0.1) is 11.8 Å². The molecule has 1 rings (SSSR count). The van der Waals surface area contributed by atoms with Gasteiger partial charge in [-0.3, -0.25) is 0 Å². The summed E-state index contributed by atoms with van der Waals surface area (Å²) in [6.07, 6.45) is 9.95. The average Bonchev–Trinajstić information content (AvgIpc) is 2.17. The second-order valence-corrected chi connectivity index (χ2v) is 5.68. The molecule has 0 heterocycles. The van der Waals surface area contributed by atoms with Gasteiger partial charge < -0.3 is 0 Å². The van der Waals surface area contributed by atoms with Crippen molar-refractivity contribution in [1.82, 2.24) is 0 Å². The predicted molar refractivity (Wildman–Crippen MR) is 63.4 cm³/mol. The lowest BCUT2D eigenvalue weighted by molar-refractivity contribution is 0.257. The van der Waals surface area contributed by atoms with Gasteiger partial charge in [0.25, 0.3) is 0 Å². The first-order chi connectivity index (χ1) is 6.27. The van der Waals surface area contributed by atoms with Crippen LogP contribution in [0.4, 0.5) is 0 Å². The van der Waals surface area contributed by atoms with Crippen molar-refractivity contribution in [2.75, 3.05) is 0 Å². The summed E-state index contributed by atoms with van der Waals surface area (Å²) in [7, 11) is 0. The van der Waals surface area contributed by atoms with Crippen molar-refractivity contribution in [3.05, 3.63) is 0 Å². The molecule has 0 aliphatic heterocycles. The van der Waals surface area contributed by atoms with E-state index in [1.165, 1.54) is 44.9 Å². The van der Waals surface area contributed by atoms with E-state index in [0.29, 0.717) is 0 Å². The van der Waals surface area contributed by atoms with Gasteiger partial charge in [0.15, 0.2) is 0 Å². The van der Waals surface area contributed by atoms with E-state index in [9.17, 15) is 0 Å². The molecular formula is C12H23Br. The van der Waals surface area contributed by atoms with Crippen LogP contribution < -0.4 is 0 Å². The largest absolute Gasteiger partial charge is 0.0888 e. The van der Waals surface area contributed by atoms with Crippen LogP contribution in [0.25, 0.3) is 0 Å². The smallest absolute Gasteiger partial charge is 0.0174 e. The third-order valence-corrected chi connectivity index (χ3v) is 4.71. The number of unbranched alkanes of at least 4 members (excludes halogenated alkanes) is 1. The van der Waals surface area contributed by atoms with Crippen molar-refractivity contribution in [3.8, 4) is 0 Å². The minimum Gasteiger partial charge on any atom is -0.0888 e. The van der Waals surface area contributed by atoms with Gasteiger partial charge >= 0.3 is 0 Å². The number of halogens is 1. The quantitative estimate of drug-likeness (QED) is 0.628. The van der Waals surface area contributed by atoms with Crippen molar-refractivity contribution in [2.45, 2.75) is 63.6 Å². The molecule has 0 aromatic heterocycles. The molecule has 3 atom stereocenters. The van der Waals surface area contributed by atoms with E-state index in [2.05, 4.69) is 29.8 Å². The summed E-state index contributed by atoms with van der Waals surface area (Å²) < 4.78 is 0. The summed E-state index contributed by atoms with van der Waals surface area (Å²) in [6, 6.07) is 0. The zero-order chi connectivity index (χ0) is 9.68. The predicted octanol–water partition coefficient (Wildman–Crippen LogP) is 4.77. The van der Waals surface area contributed by atoms with Crippen molar-refractivity contribution in [1.29, 1.82) is 0 Å². The molecule has 0 spiro atoms. The summed E-state index contributed by atoms with van der Waals surface area (Å²) >= 11 is 3.84. The fourth-order valence-electron chi connectivity index (χ4n) is 2.46. The van der Waals surface area contributed by atoms with E-state index in [1.54, 1.807) is 0 Å². The van der Waals surface area contributed by atoms with Crippen LogP contribution in [0.3, 0.4) is 0 Å². The number of hydrogen-bond donors (Lipinski definition) is 0. The van der Waals surface area contributed by atoms with Gasteiger partial charge in [0.05, 0.1) is 0 Å². The Balaban J connectivity index is 2.31. The lowest BCUT2D eigenvalue weighted by Crippen LogP contribution is -2.24. The maximum absolute atomic E-state index is 3.84. The summed E-state index contributed by atoms with van der Waals surface area (Å²) in [4.78, 5) is 0.821. The summed E-state index contributed by atoms with van der Waals surface area (Å²) in [5.74, 6) is 1.99. The Morgan fingerprint density at radius 1 is 1.23 bits per heavy atom. The Morgan fingerprint density at radius 2 is 2.00 bits per heavy atom. The normalized spacial score (nSPS) is 34.8. The average molecular weight is 247 g/mol. The van der Waals surface area contributed by atoms with Crippen molar-refractivity contribution < 1.29 is 0 Å². The molecule has 0 saturated heterocycles. The van der Waals surface area contributed by atoms with Gasteiger partial charge in [-0.2, -0.15) is 0 Å². The van der Waals surface area contributed by atoms with Crippen LogP contribution in [-0.4, -0.2) is 4.83 Å². The first-order valence-corrected chi connectivity index (χ1v) is 6.83. The molecule has 0 aromatic rings. The summed E-state index contributed by atoms with van der Waals surface area (Å²) in [6.45, 7) is 4.64. The third kappa shape index (κ3) is 3.61. The van der Waals surface area contributed by atoms with Gasteiger partial charge in [-0.15, -0.1) is 0 Å². The molecule has 1 saturated carbocycles. The Kier molecular flexibility index (Phi) is 5.38. The first-order valence-electron chi connectivity index (χ1n) is 5.92. The molecule has 1 fully saturated rings. The molecule has 78 valence electrons. The highest BCUT2D eigenvalue weighted by atomic mass is 79.9. The van der Waals surface area contributed by atoms with E-state index < -0.39 is 0 Å². The monoisotopic (exact) mass is 246 g/mol. The molecule has 0 nitrogen and oxygen atoms in total. The van der Waals surface area contributed by atoms with Crippen molar-refractivity contribution in [3.63, 3.8) is 0 Å². The third-order valence-electron chi connectivity index (χ3n) is 3.50. The minimum absolute atomic E-state index is 0.821. The fourth-order valence-corrected chi connectivity index (χ4v) is 3.20. The van der Waals surface area contributed by atoms with Crippen LogP contribution in [0.1, 0.15) is 58.8 Å². The Morgan fingerprint density at radius 3 is 2.62 bits per heavy atom. The molecule has 1 aliphatic carbocycles. The fraction of sp³-hybridized carbons (Fsp3) is 1.00. The maximum atomic E-state index is 3.84. The van der Waals surface area contributed by atoms with E-state index in [0.717, 1.165) is 16.7 Å². The van der Waals surface area contributed by atoms with Crippen molar-refractivity contribution in [2.24, 2.45) is 11.8 Å². The molecular weight excluding hydrogens is 224 g/mol. The SMILES string of the molecule is CCCCC1CC(CC)CCC1Br. The van der Waals surface area contributed by atoms with Gasteiger partial charge in [-0.05, 0) is 37.5 Å². The molecule has 0 radical (unpaired) electrons. The molecule has 0 amide bonds. The Hall–Kier alpha value is 0.480. The van der Waals surface area contributed by atoms with Crippen LogP contribution in [0.15, 0.2) is 0 Å². The molecule has 1 aliphatic rings. The van der Waals surface area contributed by atoms with E-state index in [4.69, 9.17) is 0 Å². The molecule has 13 heavy (non-hydrogen) atoms. The van der Waals surface area contributed by atoms with Gasteiger partial charge in [-0.25, -0.2) is 0 Å². The van der Waals surface area contributed by atoms with E-state index in [-0.39, 0.29) is 0 Å². The molecule has 0 aromatic carbocycles. The molecule has 3 unspecified atom stereocenters. The Bertz CT molecular complexity index is 133. The Labute approximate surface area is 91.6 Å². The molecule has 0 bridgehead atoms. The topological polar surface area (TPSA) is 0 Å². The van der Waals surface area contributed by atoms with Gasteiger partial charge in [-0.1, -0.05) is 49.0 Å². The molecule has 0 N–H and O–H groups in total. The van der Waals surface area contributed by atoms with Gasteiger partial charge in [0, 0.05) is 4.83 Å². The second kappa shape index (κ2) is 6.06. The lowest BCUT2D eigenvalue weighted by Gasteiger charge is -2.32. The van der Waals surface area contributed by atoms with Crippen LogP contribution in [-0.2, 0) is 0 Å². The van der Waals surface area contributed by atoms with Crippen molar-refractivity contribution >= 4 is 15.9 Å². The highest BCUT2D eigenvalue weighted by molar-refractivity contribution is 9.09. The lowest BCUT2D eigenvalue weighted by atomic mass is 9.78. The second-order valence-electron chi connectivity index (χ2n) is 4.51. The van der Waals surface area contributed by atoms with E-state index >= 15 is 0 Å². The maximum Gasteiger partial charge on any atom is 0.0174 e. The highest BCUT2D eigenvalue weighted by Crippen LogP contribution is 2.37. The zero-order valence-electron chi connectivity index (χ0n) is 9.06. The minimum atomic E-state index is 0.821. The zero-order valence-corrected chi connectivity index (χ0v) is 10.6. The highest BCUT2D eigenvalue weighted by Gasteiger charge is 2.27. The first kappa shape index (κ1) is 11.6. The van der Waals surface area contributed by atoms with Gasteiger partial charge in [0.2, 0.25) is 0 Å². The van der Waals surface area contributed by atoms with Crippen LogP contribution >= 0.6 is 15.9 Å². The summed E-state index contributed by atoms with van der Waals surface area (Å²) in [5, 5.41) is 0. The standard InChI is InChI=1S/C12H23Br/c1-3-5-6-11-9-10(4-2)7-8-12(11)13/h10-12H,3-9H2,1-2H3. The summed E-state index contributed by atoms with van der Waals surface area (Å²) in [5.41, 5.74) is 0. The number of hydrogen-bond acceptors (Lipinski definition) is 0.